The number of likely N-dealkylation sites (tertiary alicyclic amines) is 1. The molecule has 0 spiro atoms. The number of rotatable bonds is 2. The summed E-state index contributed by atoms with van der Waals surface area (Å²) in [5.41, 5.74) is 5.73. The van der Waals surface area contributed by atoms with Gasteiger partial charge in [0.1, 0.15) is 0 Å². The fourth-order valence-corrected chi connectivity index (χ4v) is 3.44. The molecule has 1 saturated heterocycles. The number of nitrogens with zero attached hydrogens (tertiary/aromatic N) is 1. The van der Waals surface area contributed by atoms with E-state index < -0.39 is 11.8 Å². The first-order valence-corrected chi connectivity index (χ1v) is 6.98. The van der Waals surface area contributed by atoms with E-state index in [1.165, 1.54) is 29.2 Å². The van der Waals surface area contributed by atoms with Crippen LogP contribution in [0.25, 0.3) is 0 Å². The van der Waals surface area contributed by atoms with Gasteiger partial charge in [-0.3, -0.25) is 4.79 Å². The van der Waals surface area contributed by atoms with Gasteiger partial charge in [0.25, 0.3) is 5.91 Å². The third-order valence-corrected chi connectivity index (χ3v) is 4.60. The minimum atomic E-state index is -3.45. The Bertz CT molecular complexity index is 512. The number of carbonyl (C=O) groups excluding carboxylic acids is 1. The van der Waals surface area contributed by atoms with Crippen LogP contribution in [0.3, 0.4) is 0 Å². The molecule has 1 aromatic rings. The van der Waals surface area contributed by atoms with Crippen LogP contribution in [0.1, 0.15) is 18.4 Å². The summed E-state index contributed by atoms with van der Waals surface area (Å²) in [7, 11) is 0. The van der Waals surface area contributed by atoms with E-state index in [1.54, 1.807) is 6.07 Å². The third kappa shape index (κ3) is 2.77. The summed E-state index contributed by atoms with van der Waals surface area (Å²) in [6.07, 6.45) is 1.87. The second kappa shape index (κ2) is 5.89. The van der Waals surface area contributed by atoms with Crippen LogP contribution < -0.4 is 5.73 Å². The number of hydrogen-bond donors (Lipinski definition) is 1. The van der Waals surface area contributed by atoms with Gasteiger partial charge >= 0.3 is 5.92 Å². The Morgan fingerprint density at radius 1 is 1.19 bits per heavy atom. The smallest absolute Gasteiger partial charge is 0.337 e. The summed E-state index contributed by atoms with van der Waals surface area (Å²) in [6.45, 7) is 0.784. The number of halogens is 3. The van der Waals surface area contributed by atoms with E-state index in [1.807, 2.05) is 0 Å². The number of carbonyl (C=O) groups is 1. The van der Waals surface area contributed by atoms with Crippen LogP contribution in [-0.2, 0) is 10.7 Å². The second-order valence-electron chi connectivity index (χ2n) is 5.82. The molecule has 3 unspecified atom stereocenters. The normalized spacial score (nSPS) is 28.1. The lowest BCUT2D eigenvalue weighted by atomic mass is 9.98. The molecule has 3 rings (SSSR count). The van der Waals surface area contributed by atoms with Crippen LogP contribution in [0.5, 0.6) is 0 Å². The molecule has 116 valence electrons. The van der Waals surface area contributed by atoms with E-state index in [2.05, 4.69) is 0 Å². The lowest BCUT2D eigenvalue weighted by Gasteiger charge is -2.24. The molecule has 1 aromatic carbocycles. The van der Waals surface area contributed by atoms with Crippen LogP contribution >= 0.6 is 12.4 Å². The fourth-order valence-electron chi connectivity index (χ4n) is 3.44. The first-order chi connectivity index (χ1) is 9.50. The zero-order chi connectivity index (χ0) is 14.3. The van der Waals surface area contributed by atoms with Crippen molar-refractivity contribution < 1.29 is 13.6 Å². The van der Waals surface area contributed by atoms with Crippen molar-refractivity contribution in [1.29, 1.82) is 0 Å². The minimum absolute atomic E-state index is 0. The van der Waals surface area contributed by atoms with E-state index in [0.29, 0.717) is 19.0 Å². The monoisotopic (exact) mass is 316 g/mol. The highest BCUT2D eigenvalue weighted by Gasteiger charge is 2.49. The summed E-state index contributed by atoms with van der Waals surface area (Å²) in [4.78, 5) is 13.4. The first-order valence-electron chi connectivity index (χ1n) is 6.98. The van der Waals surface area contributed by atoms with Gasteiger partial charge < -0.3 is 10.6 Å². The molecule has 1 saturated carbocycles. The van der Waals surface area contributed by atoms with E-state index >= 15 is 0 Å². The van der Waals surface area contributed by atoms with Gasteiger partial charge in [-0.2, -0.15) is 8.78 Å². The maximum absolute atomic E-state index is 14.3. The van der Waals surface area contributed by atoms with Crippen molar-refractivity contribution in [3.05, 3.63) is 35.9 Å². The molecule has 0 aromatic heterocycles. The van der Waals surface area contributed by atoms with Crippen molar-refractivity contribution in [2.24, 2.45) is 17.6 Å². The van der Waals surface area contributed by atoms with Crippen molar-refractivity contribution in [3.63, 3.8) is 0 Å². The molecular formula is C15H19ClF2N2O. The van der Waals surface area contributed by atoms with Crippen molar-refractivity contribution >= 4 is 18.3 Å². The van der Waals surface area contributed by atoms with Crippen molar-refractivity contribution in [3.8, 4) is 0 Å². The summed E-state index contributed by atoms with van der Waals surface area (Å²) in [5.74, 6) is -4.07. The summed E-state index contributed by atoms with van der Waals surface area (Å²) >= 11 is 0. The first kappa shape index (κ1) is 16.2. The van der Waals surface area contributed by atoms with Gasteiger partial charge in [0.15, 0.2) is 0 Å². The number of benzene rings is 1. The zero-order valence-corrected chi connectivity index (χ0v) is 12.4. The predicted molar refractivity (Wildman–Crippen MR) is 78.4 cm³/mol. The molecule has 3 nitrogen and oxygen atoms in total. The Balaban J connectivity index is 0.00000161. The molecule has 6 heteroatoms. The molecule has 1 amide bonds. The highest BCUT2D eigenvalue weighted by molar-refractivity contribution is 5.85. The van der Waals surface area contributed by atoms with Gasteiger partial charge in [-0.15, -0.1) is 12.4 Å². The second-order valence-corrected chi connectivity index (χ2v) is 5.82. The highest BCUT2D eigenvalue weighted by atomic mass is 35.5. The Morgan fingerprint density at radius 3 is 2.48 bits per heavy atom. The highest BCUT2D eigenvalue weighted by Crippen LogP contribution is 2.40. The average molecular weight is 317 g/mol. The molecule has 1 aliphatic carbocycles. The Morgan fingerprint density at radius 2 is 1.86 bits per heavy atom. The number of alkyl halides is 2. The number of amides is 1. The molecule has 21 heavy (non-hydrogen) atoms. The maximum atomic E-state index is 14.3. The molecule has 1 aliphatic heterocycles. The Labute approximate surface area is 128 Å². The summed E-state index contributed by atoms with van der Waals surface area (Å²) in [6, 6.07) is 7.32. The van der Waals surface area contributed by atoms with Crippen LogP contribution in [0.15, 0.2) is 30.3 Å². The lowest BCUT2D eigenvalue weighted by Crippen LogP contribution is -2.42. The maximum Gasteiger partial charge on any atom is 0.349 e. The molecule has 2 aliphatic rings. The molecule has 0 radical (unpaired) electrons. The molecule has 2 fully saturated rings. The minimum Gasteiger partial charge on any atom is -0.337 e. The predicted octanol–water partition coefficient (Wildman–Crippen LogP) is 2.40. The van der Waals surface area contributed by atoms with Gasteiger partial charge in [0.2, 0.25) is 0 Å². The quantitative estimate of drug-likeness (QED) is 0.910. The standard InChI is InChI=1S/C15H18F2N2O.ClH/c16-15(17,11-4-2-1-3-5-11)14(20)19-8-10-6-7-13(18)12(10)9-19;/h1-5,10,12-13H,6-9,18H2;1H. The molecule has 3 atom stereocenters. The Kier molecular flexibility index (Phi) is 4.54. The largest absolute Gasteiger partial charge is 0.349 e. The van der Waals surface area contributed by atoms with Crippen molar-refractivity contribution in [2.45, 2.75) is 24.8 Å². The molecule has 0 bridgehead atoms. The zero-order valence-electron chi connectivity index (χ0n) is 11.5. The van der Waals surface area contributed by atoms with Crippen molar-refractivity contribution in [1.82, 2.24) is 4.90 Å². The topological polar surface area (TPSA) is 46.3 Å². The van der Waals surface area contributed by atoms with E-state index in [0.717, 1.165) is 12.8 Å². The van der Waals surface area contributed by atoms with Crippen LogP contribution in [-0.4, -0.2) is 29.9 Å². The number of fused-ring (bicyclic) bond motifs is 1. The molecule has 2 N–H and O–H groups in total. The third-order valence-electron chi connectivity index (χ3n) is 4.60. The number of hydrogen-bond acceptors (Lipinski definition) is 2. The van der Waals surface area contributed by atoms with Gasteiger partial charge in [0, 0.05) is 24.7 Å². The SMILES string of the molecule is Cl.NC1CCC2CN(C(=O)C(F)(F)c3ccccc3)CC12. The van der Waals surface area contributed by atoms with Gasteiger partial charge in [-0.25, -0.2) is 0 Å². The van der Waals surface area contributed by atoms with E-state index in [4.69, 9.17) is 5.73 Å². The molecule has 1 heterocycles. The fraction of sp³-hybridized carbons (Fsp3) is 0.533. The van der Waals surface area contributed by atoms with Crippen LogP contribution in [0.2, 0.25) is 0 Å². The van der Waals surface area contributed by atoms with Gasteiger partial charge in [-0.05, 0) is 24.7 Å². The van der Waals surface area contributed by atoms with E-state index in [-0.39, 0.29) is 29.9 Å². The van der Waals surface area contributed by atoms with Crippen LogP contribution in [0, 0.1) is 11.8 Å². The van der Waals surface area contributed by atoms with Crippen molar-refractivity contribution in [2.75, 3.05) is 13.1 Å². The van der Waals surface area contributed by atoms with Crippen LogP contribution in [0.4, 0.5) is 8.78 Å². The van der Waals surface area contributed by atoms with E-state index in [9.17, 15) is 13.6 Å². The van der Waals surface area contributed by atoms with Gasteiger partial charge in [-0.1, -0.05) is 30.3 Å². The average Bonchev–Trinajstić information content (AvgIpc) is 3.01. The lowest BCUT2D eigenvalue weighted by molar-refractivity contribution is -0.158. The molecular weight excluding hydrogens is 298 g/mol. The Hall–Kier alpha value is -1.20. The summed E-state index contributed by atoms with van der Waals surface area (Å²) in [5, 5.41) is 0. The number of nitrogens with two attached hydrogens (primary N) is 1. The van der Waals surface area contributed by atoms with Gasteiger partial charge in [0.05, 0.1) is 0 Å². The summed E-state index contributed by atoms with van der Waals surface area (Å²) < 4.78 is 28.5.